The number of ether oxygens (including phenoxy) is 2. The predicted octanol–water partition coefficient (Wildman–Crippen LogP) is 7.91. The summed E-state index contributed by atoms with van der Waals surface area (Å²) in [6.45, 7) is -1.39. The van der Waals surface area contributed by atoms with Crippen LogP contribution in [0.1, 0.15) is 62.5 Å². The minimum atomic E-state index is -4.26. The standard InChI is InChI=1S/C23H23F7O2/c1-2-3-13-4-6-14(7-5-13)15-8-9-17(18(24)10-15)23(29,30)32-16-11-19(25)21(20(26)12-16)31-22(27)28/h8-14,22H,2-7H2,1H3/t13-,14-. The maximum absolute atomic E-state index is 14.6. The van der Waals surface area contributed by atoms with Gasteiger partial charge in [-0.2, -0.15) is 17.6 Å². The first-order valence-electron chi connectivity index (χ1n) is 10.4. The molecule has 2 aromatic carbocycles. The van der Waals surface area contributed by atoms with E-state index in [4.69, 9.17) is 0 Å². The molecule has 0 aliphatic heterocycles. The Morgan fingerprint density at radius 3 is 2.09 bits per heavy atom. The summed E-state index contributed by atoms with van der Waals surface area (Å²) in [6.07, 6.45) is 1.69. The maximum Gasteiger partial charge on any atom is 0.429 e. The molecule has 9 heteroatoms. The highest BCUT2D eigenvalue weighted by Gasteiger charge is 2.38. The smallest absolute Gasteiger partial charge is 0.429 e. The van der Waals surface area contributed by atoms with E-state index in [1.807, 2.05) is 0 Å². The summed E-state index contributed by atoms with van der Waals surface area (Å²) < 4.78 is 104. The fraction of sp³-hybridized carbons (Fsp3) is 0.478. The Labute approximate surface area is 181 Å². The number of hydrogen-bond acceptors (Lipinski definition) is 2. The van der Waals surface area contributed by atoms with Crippen molar-refractivity contribution in [3.05, 3.63) is 58.9 Å². The second-order valence-corrected chi connectivity index (χ2v) is 7.96. The van der Waals surface area contributed by atoms with Crippen LogP contribution >= 0.6 is 0 Å². The molecule has 0 spiro atoms. The second-order valence-electron chi connectivity index (χ2n) is 7.96. The van der Waals surface area contributed by atoms with Crippen LogP contribution in [0.4, 0.5) is 30.7 Å². The average Bonchev–Trinajstić information content (AvgIpc) is 2.71. The van der Waals surface area contributed by atoms with Crippen molar-refractivity contribution in [2.75, 3.05) is 0 Å². The molecule has 1 saturated carbocycles. The van der Waals surface area contributed by atoms with E-state index >= 15 is 0 Å². The second kappa shape index (κ2) is 10.0. The summed E-state index contributed by atoms with van der Waals surface area (Å²) in [5, 5.41) is 0. The summed E-state index contributed by atoms with van der Waals surface area (Å²) in [7, 11) is 0. The van der Waals surface area contributed by atoms with Gasteiger partial charge in [-0.3, -0.25) is 0 Å². The van der Waals surface area contributed by atoms with Gasteiger partial charge in [-0.15, -0.1) is 0 Å². The van der Waals surface area contributed by atoms with Crippen LogP contribution in [0.2, 0.25) is 0 Å². The fourth-order valence-corrected chi connectivity index (χ4v) is 4.21. The third-order valence-corrected chi connectivity index (χ3v) is 5.75. The molecule has 3 rings (SSSR count). The Morgan fingerprint density at radius 1 is 0.938 bits per heavy atom. The first-order valence-corrected chi connectivity index (χ1v) is 10.4. The molecule has 0 heterocycles. The summed E-state index contributed by atoms with van der Waals surface area (Å²) in [6, 6.07) is 3.86. The van der Waals surface area contributed by atoms with Crippen LogP contribution in [0.15, 0.2) is 30.3 Å². The van der Waals surface area contributed by atoms with Crippen molar-refractivity contribution in [1.82, 2.24) is 0 Å². The van der Waals surface area contributed by atoms with E-state index in [-0.39, 0.29) is 18.1 Å². The van der Waals surface area contributed by atoms with Crippen molar-refractivity contribution in [2.45, 2.75) is 64.1 Å². The van der Waals surface area contributed by atoms with Gasteiger partial charge in [0.2, 0.25) is 0 Å². The Bertz CT molecular complexity index is 902. The number of hydrogen-bond donors (Lipinski definition) is 0. The highest BCUT2D eigenvalue weighted by Crippen LogP contribution is 2.40. The summed E-state index contributed by atoms with van der Waals surface area (Å²) in [5.41, 5.74) is -0.489. The van der Waals surface area contributed by atoms with Crippen molar-refractivity contribution in [2.24, 2.45) is 5.92 Å². The van der Waals surface area contributed by atoms with Crippen molar-refractivity contribution in [3.63, 3.8) is 0 Å². The topological polar surface area (TPSA) is 18.5 Å². The number of alkyl halides is 4. The van der Waals surface area contributed by atoms with Gasteiger partial charge in [0.05, 0.1) is 5.56 Å². The number of benzene rings is 2. The average molecular weight is 464 g/mol. The predicted molar refractivity (Wildman–Crippen MR) is 104 cm³/mol. The Balaban J connectivity index is 1.75. The lowest BCUT2D eigenvalue weighted by Gasteiger charge is -2.29. The van der Waals surface area contributed by atoms with Gasteiger partial charge in [-0.25, -0.2) is 13.2 Å². The zero-order chi connectivity index (χ0) is 23.5. The molecule has 0 atom stereocenters. The molecule has 0 saturated heterocycles. The van der Waals surface area contributed by atoms with Crippen LogP contribution in [0.5, 0.6) is 11.5 Å². The monoisotopic (exact) mass is 464 g/mol. The molecule has 2 nitrogen and oxygen atoms in total. The lowest BCUT2D eigenvalue weighted by molar-refractivity contribution is -0.187. The Kier molecular flexibility index (Phi) is 7.56. The molecule has 0 unspecified atom stereocenters. The molecule has 1 aliphatic rings. The van der Waals surface area contributed by atoms with E-state index in [0.717, 1.165) is 50.7 Å². The minimum absolute atomic E-state index is 0.0757. The van der Waals surface area contributed by atoms with Crippen LogP contribution < -0.4 is 9.47 Å². The third kappa shape index (κ3) is 5.66. The molecular weight excluding hydrogens is 441 g/mol. The SMILES string of the molecule is CCC[C@H]1CC[C@H](c2ccc(C(F)(F)Oc3cc(F)c(OC(F)F)c(F)c3)c(F)c2)CC1. The van der Waals surface area contributed by atoms with Gasteiger partial charge in [-0.1, -0.05) is 25.8 Å². The summed E-state index contributed by atoms with van der Waals surface area (Å²) in [5.74, 6) is -6.26. The van der Waals surface area contributed by atoms with Gasteiger partial charge < -0.3 is 9.47 Å². The summed E-state index contributed by atoms with van der Waals surface area (Å²) in [4.78, 5) is 0. The molecule has 32 heavy (non-hydrogen) atoms. The first-order chi connectivity index (χ1) is 15.1. The lowest BCUT2D eigenvalue weighted by atomic mass is 9.77. The van der Waals surface area contributed by atoms with Crippen LogP contribution in [0, 0.1) is 23.4 Å². The van der Waals surface area contributed by atoms with E-state index in [9.17, 15) is 30.7 Å². The fourth-order valence-electron chi connectivity index (χ4n) is 4.21. The molecule has 0 aromatic heterocycles. The first kappa shape index (κ1) is 24.2. The van der Waals surface area contributed by atoms with Crippen LogP contribution in [0.3, 0.4) is 0 Å². The highest BCUT2D eigenvalue weighted by atomic mass is 19.3. The van der Waals surface area contributed by atoms with Gasteiger partial charge >= 0.3 is 12.7 Å². The lowest BCUT2D eigenvalue weighted by Crippen LogP contribution is -2.24. The van der Waals surface area contributed by atoms with Crippen molar-refractivity contribution >= 4 is 0 Å². The van der Waals surface area contributed by atoms with Crippen LogP contribution in [-0.4, -0.2) is 6.61 Å². The van der Waals surface area contributed by atoms with E-state index in [2.05, 4.69) is 16.4 Å². The molecular formula is C23H23F7O2. The van der Waals surface area contributed by atoms with Gasteiger partial charge in [-0.05, 0) is 55.2 Å². The largest absolute Gasteiger partial charge is 0.429 e. The molecule has 1 fully saturated rings. The van der Waals surface area contributed by atoms with Crippen LogP contribution in [0.25, 0.3) is 0 Å². The molecule has 176 valence electrons. The van der Waals surface area contributed by atoms with Gasteiger partial charge in [0, 0.05) is 12.1 Å². The van der Waals surface area contributed by atoms with Crippen molar-refractivity contribution in [1.29, 1.82) is 0 Å². The highest BCUT2D eigenvalue weighted by molar-refractivity contribution is 5.36. The van der Waals surface area contributed by atoms with E-state index in [1.54, 1.807) is 0 Å². The Hall–Kier alpha value is -2.45. The normalized spacial score (nSPS) is 19.3. The van der Waals surface area contributed by atoms with Gasteiger partial charge in [0.1, 0.15) is 11.6 Å². The molecule has 1 aliphatic carbocycles. The minimum Gasteiger partial charge on any atom is -0.429 e. The Morgan fingerprint density at radius 2 is 1.56 bits per heavy atom. The van der Waals surface area contributed by atoms with E-state index < -0.39 is 47.2 Å². The molecule has 0 amide bonds. The third-order valence-electron chi connectivity index (χ3n) is 5.75. The number of rotatable bonds is 8. The van der Waals surface area contributed by atoms with Crippen LogP contribution in [-0.2, 0) is 6.11 Å². The van der Waals surface area contributed by atoms with Gasteiger partial charge in [0.25, 0.3) is 0 Å². The molecule has 0 radical (unpaired) electrons. The van der Waals surface area contributed by atoms with Crippen molar-refractivity contribution in [3.8, 4) is 11.5 Å². The quantitative estimate of drug-likeness (QED) is 0.370. The summed E-state index contributed by atoms with van der Waals surface area (Å²) >= 11 is 0. The van der Waals surface area contributed by atoms with Gasteiger partial charge in [0.15, 0.2) is 17.4 Å². The van der Waals surface area contributed by atoms with Crippen molar-refractivity contribution < 1.29 is 40.2 Å². The molecule has 0 bridgehead atoms. The molecule has 0 N–H and O–H groups in total. The zero-order valence-electron chi connectivity index (χ0n) is 17.3. The molecule has 2 aromatic rings. The zero-order valence-corrected chi connectivity index (χ0v) is 17.3. The maximum atomic E-state index is 14.6. The number of halogens is 7. The van der Waals surface area contributed by atoms with E-state index in [0.29, 0.717) is 11.5 Å². The van der Waals surface area contributed by atoms with E-state index in [1.165, 1.54) is 6.07 Å².